The second-order valence-electron chi connectivity index (χ2n) is 4.40. The Hall–Kier alpha value is -0.790. The minimum absolute atomic E-state index is 0.191. The molecule has 0 aromatic heterocycles. The van der Waals surface area contributed by atoms with Crippen LogP contribution in [0, 0.1) is 17.3 Å². The number of carbonyl (C=O) groups excluding carboxylic acids is 1. The van der Waals surface area contributed by atoms with E-state index in [9.17, 15) is 4.79 Å². The summed E-state index contributed by atoms with van der Waals surface area (Å²) in [6.07, 6.45) is 4.36. The predicted molar refractivity (Wildman–Crippen MR) is 52.2 cm³/mol. The molecule has 1 aliphatic rings. The third-order valence-corrected chi connectivity index (χ3v) is 3.23. The molecule has 0 fully saturated rings. The summed E-state index contributed by atoms with van der Waals surface area (Å²) in [6, 6.07) is 0. The van der Waals surface area contributed by atoms with Crippen LogP contribution in [0.25, 0.3) is 0 Å². The van der Waals surface area contributed by atoms with Crippen LogP contribution in [-0.2, 0) is 9.53 Å². The first-order chi connectivity index (χ1) is 5.94. The smallest absolute Gasteiger partial charge is 0.302 e. The number of allylic oxidation sites excluding steroid dienone is 1. The molecule has 2 nitrogen and oxygen atoms in total. The van der Waals surface area contributed by atoms with Gasteiger partial charge in [0.2, 0.25) is 0 Å². The Balaban J connectivity index is 2.52. The molecule has 0 aliphatic heterocycles. The van der Waals surface area contributed by atoms with Crippen molar-refractivity contribution in [2.75, 3.05) is 6.61 Å². The second-order valence-corrected chi connectivity index (χ2v) is 4.40. The van der Waals surface area contributed by atoms with Crippen LogP contribution in [0.15, 0.2) is 12.2 Å². The van der Waals surface area contributed by atoms with Crippen LogP contribution < -0.4 is 0 Å². The Morgan fingerprint density at radius 3 is 2.46 bits per heavy atom. The highest BCUT2D eigenvalue weighted by atomic mass is 16.5. The molecule has 0 aromatic rings. The van der Waals surface area contributed by atoms with Crippen LogP contribution in [0.1, 0.15) is 27.7 Å². The average Bonchev–Trinajstić information content (AvgIpc) is 2.25. The van der Waals surface area contributed by atoms with Gasteiger partial charge in [0.25, 0.3) is 0 Å². The van der Waals surface area contributed by atoms with Crippen molar-refractivity contribution in [3.63, 3.8) is 0 Å². The molecule has 0 aromatic carbocycles. The van der Waals surface area contributed by atoms with Gasteiger partial charge in [-0.15, -0.1) is 0 Å². The fourth-order valence-electron chi connectivity index (χ4n) is 1.61. The Kier molecular flexibility index (Phi) is 2.79. The standard InChI is InChI=1S/C11H18O2/c1-8-5-6-10(11(8,3)4)7-13-9(2)12/h5-6,8,10H,7H2,1-4H3/t8-,10+/m1/s1. The van der Waals surface area contributed by atoms with Crippen molar-refractivity contribution in [2.24, 2.45) is 17.3 Å². The predicted octanol–water partition coefficient (Wildman–Crippen LogP) is 2.40. The van der Waals surface area contributed by atoms with Gasteiger partial charge < -0.3 is 4.74 Å². The average molecular weight is 182 g/mol. The Morgan fingerprint density at radius 2 is 2.08 bits per heavy atom. The highest BCUT2D eigenvalue weighted by Crippen LogP contribution is 2.42. The summed E-state index contributed by atoms with van der Waals surface area (Å²) in [7, 11) is 0. The molecule has 1 aliphatic carbocycles. The highest BCUT2D eigenvalue weighted by Gasteiger charge is 2.36. The van der Waals surface area contributed by atoms with Crippen LogP contribution in [0.3, 0.4) is 0 Å². The summed E-state index contributed by atoms with van der Waals surface area (Å²) in [4.78, 5) is 10.6. The normalized spacial score (nSPS) is 30.5. The van der Waals surface area contributed by atoms with Gasteiger partial charge in [-0.3, -0.25) is 4.79 Å². The van der Waals surface area contributed by atoms with Gasteiger partial charge in [0, 0.05) is 12.8 Å². The summed E-state index contributed by atoms with van der Waals surface area (Å²) in [5.74, 6) is 0.739. The van der Waals surface area contributed by atoms with E-state index in [-0.39, 0.29) is 11.4 Å². The number of carbonyl (C=O) groups is 1. The van der Waals surface area contributed by atoms with Crippen LogP contribution >= 0.6 is 0 Å². The van der Waals surface area contributed by atoms with Crippen molar-refractivity contribution in [1.29, 1.82) is 0 Å². The molecule has 0 heterocycles. The van der Waals surface area contributed by atoms with Gasteiger partial charge in [-0.25, -0.2) is 0 Å². The molecular weight excluding hydrogens is 164 g/mol. The van der Waals surface area contributed by atoms with Crippen molar-refractivity contribution < 1.29 is 9.53 Å². The summed E-state index contributed by atoms with van der Waals surface area (Å²) in [5.41, 5.74) is 0.218. The minimum Gasteiger partial charge on any atom is -0.465 e. The summed E-state index contributed by atoms with van der Waals surface area (Å²) in [5, 5.41) is 0. The molecule has 13 heavy (non-hydrogen) atoms. The van der Waals surface area contributed by atoms with Crippen LogP contribution in [0.5, 0.6) is 0 Å². The first kappa shape index (κ1) is 10.3. The zero-order chi connectivity index (χ0) is 10.1. The maximum atomic E-state index is 10.6. The van der Waals surface area contributed by atoms with Crippen molar-refractivity contribution in [3.05, 3.63) is 12.2 Å². The Bertz CT molecular complexity index is 228. The number of hydrogen-bond donors (Lipinski definition) is 0. The molecule has 0 radical (unpaired) electrons. The quantitative estimate of drug-likeness (QED) is 0.484. The SMILES string of the molecule is CC(=O)OC[C@@H]1C=C[C@@H](C)C1(C)C. The van der Waals surface area contributed by atoms with Crippen molar-refractivity contribution >= 4 is 5.97 Å². The van der Waals surface area contributed by atoms with Crippen LogP contribution in [0.2, 0.25) is 0 Å². The minimum atomic E-state index is -0.191. The van der Waals surface area contributed by atoms with Gasteiger partial charge in [-0.1, -0.05) is 32.9 Å². The summed E-state index contributed by atoms with van der Waals surface area (Å²) < 4.78 is 5.02. The molecule has 2 atom stereocenters. The Morgan fingerprint density at radius 1 is 1.46 bits per heavy atom. The molecule has 0 unspecified atom stereocenters. The lowest BCUT2D eigenvalue weighted by molar-refractivity contribution is -0.142. The first-order valence-corrected chi connectivity index (χ1v) is 4.76. The number of esters is 1. The van der Waals surface area contributed by atoms with Gasteiger partial charge in [0.1, 0.15) is 0 Å². The fourth-order valence-corrected chi connectivity index (χ4v) is 1.61. The molecule has 0 N–H and O–H groups in total. The number of ether oxygens (including phenoxy) is 1. The van der Waals surface area contributed by atoms with Gasteiger partial charge in [-0.2, -0.15) is 0 Å². The third-order valence-electron chi connectivity index (χ3n) is 3.23. The monoisotopic (exact) mass is 182 g/mol. The number of rotatable bonds is 2. The highest BCUT2D eigenvalue weighted by molar-refractivity contribution is 5.65. The second kappa shape index (κ2) is 3.52. The maximum absolute atomic E-state index is 10.6. The van der Waals surface area contributed by atoms with E-state index in [1.807, 2.05) is 0 Å². The molecule has 2 heteroatoms. The van der Waals surface area contributed by atoms with Crippen LogP contribution in [0.4, 0.5) is 0 Å². The molecule has 0 amide bonds. The Labute approximate surface area is 80.0 Å². The summed E-state index contributed by atoms with van der Waals surface area (Å²) >= 11 is 0. The zero-order valence-corrected chi connectivity index (χ0v) is 8.83. The molecule has 0 spiro atoms. The number of hydrogen-bond acceptors (Lipinski definition) is 2. The van der Waals surface area contributed by atoms with Crippen molar-refractivity contribution in [3.8, 4) is 0 Å². The van der Waals surface area contributed by atoms with Crippen molar-refractivity contribution in [2.45, 2.75) is 27.7 Å². The van der Waals surface area contributed by atoms with E-state index in [0.717, 1.165) is 0 Å². The van der Waals surface area contributed by atoms with E-state index >= 15 is 0 Å². The van der Waals surface area contributed by atoms with E-state index < -0.39 is 0 Å². The van der Waals surface area contributed by atoms with E-state index in [0.29, 0.717) is 18.4 Å². The van der Waals surface area contributed by atoms with Gasteiger partial charge in [0.05, 0.1) is 6.61 Å². The van der Waals surface area contributed by atoms with Gasteiger partial charge >= 0.3 is 5.97 Å². The molecule has 1 rings (SSSR count). The third kappa shape index (κ3) is 2.11. The van der Waals surface area contributed by atoms with Gasteiger partial charge in [-0.05, 0) is 11.3 Å². The topological polar surface area (TPSA) is 26.3 Å². The van der Waals surface area contributed by atoms with Gasteiger partial charge in [0.15, 0.2) is 0 Å². The molecule has 0 saturated carbocycles. The first-order valence-electron chi connectivity index (χ1n) is 4.76. The van der Waals surface area contributed by atoms with E-state index in [4.69, 9.17) is 4.74 Å². The lowest BCUT2D eigenvalue weighted by Gasteiger charge is -2.30. The largest absolute Gasteiger partial charge is 0.465 e. The zero-order valence-electron chi connectivity index (χ0n) is 8.83. The molecule has 74 valence electrons. The molecular formula is C11H18O2. The lowest BCUT2D eigenvalue weighted by Crippen LogP contribution is -2.28. The fraction of sp³-hybridized carbons (Fsp3) is 0.727. The lowest BCUT2D eigenvalue weighted by atomic mass is 9.75. The summed E-state index contributed by atoms with van der Waals surface area (Å²) in [6.45, 7) is 8.60. The molecule has 0 saturated heterocycles. The molecule has 0 bridgehead atoms. The maximum Gasteiger partial charge on any atom is 0.302 e. The van der Waals surface area contributed by atoms with E-state index in [1.54, 1.807) is 0 Å². The van der Waals surface area contributed by atoms with Crippen LogP contribution in [-0.4, -0.2) is 12.6 Å². The van der Waals surface area contributed by atoms with Crippen molar-refractivity contribution in [1.82, 2.24) is 0 Å². The van der Waals surface area contributed by atoms with E-state index in [1.165, 1.54) is 6.92 Å². The van der Waals surface area contributed by atoms with E-state index in [2.05, 4.69) is 32.9 Å².